The topological polar surface area (TPSA) is 63.7 Å². The summed E-state index contributed by atoms with van der Waals surface area (Å²) < 4.78 is 32.9. The zero-order chi connectivity index (χ0) is 26.5. The minimum atomic E-state index is -4.01. The Balaban J connectivity index is 0.00000353. The number of hydrogen-bond acceptors (Lipinski definition) is 5. The Morgan fingerprint density at radius 3 is 2.18 bits per heavy atom. The second-order valence-corrected chi connectivity index (χ2v) is 11.7. The lowest BCUT2D eigenvalue weighted by atomic mass is 9.88. The van der Waals surface area contributed by atoms with E-state index in [9.17, 15) is 13.2 Å². The predicted molar refractivity (Wildman–Crippen MR) is 158 cm³/mol. The predicted octanol–water partition coefficient (Wildman–Crippen LogP) is 7.22. The van der Waals surface area contributed by atoms with Gasteiger partial charge in [-0.1, -0.05) is 97.4 Å². The molecule has 0 aliphatic carbocycles. The van der Waals surface area contributed by atoms with Crippen molar-refractivity contribution in [2.45, 2.75) is 55.2 Å². The molecule has 0 unspecified atom stereocenters. The van der Waals surface area contributed by atoms with Gasteiger partial charge in [-0.2, -0.15) is 8.42 Å². The average Bonchev–Trinajstić information content (AvgIpc) is 2.95. The van der Waals surface area contributed by atoms with Gasteiger partial charge in [0, 0.05) is 24.1 Å². The summed E-state index contributed by atoms with van der Waals surface area (Å²) in [4.78, 5) is 15.3. The van der Waals surface area contributed by atoms with Crippen molar-refractivity contribution < 1.29 is 17.4 Å². The smallest absolute Gasteiger partial charge is 0.297 e. The molecule has 4 aromatic carbocycles. The first-order valence-corrected chi connectivity index (χ1v) is 14.6. The lowest BCUT2D eigenvalue weighted by Crippen LogP contribution is -2.45. The molecular formula is C32H34ClNO4S. The summed E-state index contributed by atoms with van der Waals surface area (Å²) in [5.41, 5.74) is 1.56. The van der Waals surface area contributed by atoms with E-state index in [4.69, 9.17) is 4.18 Å². The van der Waals surface area contributed by atoms with Gasteiger partial charge in [-0.3, -0.25) is 13.9 Å². The van der Waals surface area contributed by atoms with Crippen molar-refractivity contribution in [1.82, 2.24) is 4.90 Å². The van der Waals surface area contributed by atoms with Crippen LogP contribution in [0.4, 0.5) is 0 Å². The Morgan fingerprint density at radius 2 is 1.46 bits per heavy atom. The Kier molecular flexibility index (Phi) is 9.57. The van der Waals surface area contributed by atoms with E-state index >= 15 is 0 Å². The zero-order valence-corrected chi connectivity index (χ0v) is 23.6. The van der Waals surface area contributed by atoms with Gasteiger partial charge < -0.3 is 0 Å². The number of Topliss-reactive ketones (excluding diaryl/α,β-unsaturated/α-hetero) is 1. The van der Waals surface area contributed by atoms with E-state index in [2.05, 4.69) is 4.90 Å². The summed E-state index contributed by atoms with van der Waals surface area (Å²) in [5, 5.41) is 1.83. The number of nitrogens with zero attached hydrogens (tertiary/aromatic N) is 1. The molecule has 1 aliphatic heterocycles. The van der Waals surface area contributed by atoms with Gasteiger partial charge >= 0.3 is 0 Å². The molecule has 1 fully saturated rings. The van der Waals surface area contributed by atoms with Crippen molar-refractivity contribution in [1.29, 1.82) is 0 Å². The summed E-state index contributed by atoms with van der Waals surface area (Å²) in [7, 11) is -1.96. The Bertz CT molecular complexity index is 1490. The third kappa shape index (κ3) is 6.95. The van der Waals surface area contributed by atoms with Crippen LogP contribution in [0.5, 0.6) is 0 Å². The number of benzene rings is 4. The highest BCUT2D eigenvalue weighted by Crippen LogP contribution is 2.34. The maximum atomic E-state index is 13.5. The molecule has 0 radical (unpaired) electrons. The van der Waals surface area contributed by atoms with Crippen molar-refractivity contribution in [3.05, 3.63) is 114 Å². The Hall–Kier alpha value is -3.03. The number of piperidine rings is 1. The first-order valence-electron chi connectivity index (χ1n) is 13.2. The van der Waals surface area contributed by atoms with E-state index in [1.165, 1.54) is 0 Å². The van der Waals surface area contributed by atoms with Crippen LogP contribution in [0, 0.1) is 0 Å². The maximum Gasteiger partial charge on any atom is 0.297 e. The Labute approximate surface area is 237 Å². The number of likely N-dealkylation sites (tertiary alicyclic amines) is 1. The molecule has 5 rings (SSSR count). The van der Waals surface area contributed by atoms with Gasteiger partial charge in [0.15, 0.2) is 5.78 Å². The lowest BCUT2D eigenvalue weighted by molar-refractivity contribution is 0.0626. The van der Waals surface area contributed by atoms with Gasteiger partial charge in [-0.05, 0) is 54.8 Å². The molecule has 204 valence electrons. The molecule has 7 heteroatoms. The van der Waals surface area contributed by atoms with Crippen LogP contribution >= 0.6 is 12.4 Å². The number of fused-ring (bicyclic) bond motifs is 1. The van der Waals surface area contributed by atoms with Gasteiger partial charge in [-0.25, -0.2) is 0 Å². The van der Waals surface area contributed by atoms with Crippen molar-refractivity contribution in [3.8, 4) is 0 Å². The van der Waals surface area contributed by atoms with Crippen LogP contribution in [0.1, 0.15) is 54.1 Å². The zero-order valence-electron chi connectivity index (χ0n) is 22.0. The second kappa shape index (κ2) is 12.9. The highest BCUT2D eigenvalue weighted by Gasteiger charge is 2.33. The van der Waals surface area contributed by atoms with Crippen LogP contribution < -0.4 is 0 Å². The summed E-state index contributed by atoms with van der Waals surface area (Å²) in [5.74, 6) is 0.137. The average molecular weight is 564 g/mol. The fourth-order valence-electron chi connectivity index (χ4n) is 5.46. The van der Waals surface area contributed by atoms with Crippen molar-refractivity contribution in [3.63, 3.8) is 0 Å². The summed E-state index contributed by atoms with van der Waals surface area (Å²) >= 11 is 0. The lowest BCUT2D eigenvalue weighted by Gasteiger charge is -2.40. The van der Waals surface area contributed by atoms with Gasteiger partial charge in [0.05, 0.1) is 4.90 Å². The first kappa shape index (κ1) is 29.0. The molecule has 1 heterocycles. The number of carbonyl (C=O) groups excluding carboxylic acids is 1. The van der Waals surface area contributed by atoms with Crippen LogP contribution in [-0.4, -0.2) is 38.2 Å². The largest absolute Gasteiger partial charge is 0.300 e. The van der Waals surface area contributed by atoms with Crippen LogP contribution in [-0.2, 0) is 14.3 Å². The van der Waals surface area contributed by atoms with Gasteiger partial charge in [0.2, 0.25) is 0 Å². The molecule has 0 bridgehead atoms. The molecule has 39 heavy (non-hydrogen) atoms. The van der Waals surface area contributed by atoms with E-state index in [-0.39, 0.29) is 35.2 Å². The first-order chi connectivity index (χ1) is 18.4. The minimum absolute atomic E-state index is 0. The minimum Gasteiger partial charge on any atom is -0.300 e. The number of halogens is 1. The molecular weight excluding hydrogens is 530 g/mol. The molecule has 4 aromatic rings. The summed E-state index contributed by atoms with van der Waals surface area (Å²) in [6.07, 6.45) is 3.18. The third-order valence-electron chi connectivity index (χ3n) is 7.65. The molecule has 3 atom stereocenters. The fraction of sp³-hybridized carbons (Fsp3) is 0.281. The molecule has 0 aromatic heterocycles. The molecule has 1 saturated heterocycles. The van der Waals surface area contributed by atoms with Gasteiger partial charge in [-0.15, -0.1) is 12.4 Å². The van der Waals surface area contributed by atoms with Gasteiger partial charge in [0.1, 0.15) is 6.10 Å². The van der Waals surface area contributed by atoms with Crippen LogP contribution in [0.25, 0.3) is 10.8 Å². The number of ketones is 1. The van der Waals surface area contributed by atoms with E-state index in [1.54, 1.807) is 12.1 Å². The van der Waals surface area contributed by atoms with Crippen LogP contribution in [0.15, 0.2) is 108 Å². The maximum absolute atomic E-state index is 13.5. The monoisotopic (exact) mass is 563 g/mol. The third-order valence-corrected chi connectivity index (χ3v) is 8.97. The highest BCUT2D eigenvalue weighted by molar-refractivity contribution is 7.86. The summed E-state index contributed by atoms with van der Waals surface area (Å²) in [6.45, 7) is 0. The molecule has 0 spiro atoms. The standard InChI is InChI=1S/C32H33NO4S.ClH/c1-33-28(22-31(34)25-12-4-2-5-13-25)17-10-18-29(33)23-32(26-14-6-3-7-15-26)37-38(35,36)30-20-19-24-11-8-9-16-27(24)21-30;/h2-9,11-16,19-21,28-29,32H,10,17-18,22-23H2,1H3;1H/t28-,29+,32+;/m1./s1. The molecule has 0 N–H and O–H groups in total. The van der Waals surface area contributed by atoms with Crippen molar-refractivity contribution in [2.24, 2.45) is 0 Å². The summed E-state index contributed by atoms with van der Waals surface area (Å²) in [6, 6.07) is 31.9. The van der Waals surface area contributed by atoms with E-state index in [0.717, 1.165) is 41.2 Å². The number of rotatable bonds is 9. The van der Waals surface area contributed by atoms with Crippen molar-refractivity contribution in [2.75, 3.05) is 7.05 Å². The van der Waals surface area contributed by atoms with E-state index < -0.39 is 16.2 Å². The quantitative estimate of drug-likeness (QED) is 0.159. The van der Waals surface area contributed by atoms with Crippen molar-refractivity contribution >= 4 is 39.1 Å². The van der Waals surface area contributed by atoms with E-state index in [1.807, 2.05) is 98.0 Å². The normalized spacial score (nSPS) is 18.8. The SMILES string of the molecule is CN1[C@@H](CC(=O)c2ccccc2)CCC[C@H]1C[C@H](OS(=O)(=O)c1ccc2ccccc2c1)c1ccccc1.Cl. The molecule has 5 nitrogen and oxygen atoms in total. The molecule has 1 aliphatic rings. The molecule has 0 amide bonds. The van der Waals surface area contributed by atoms with E-state index in [0.29, 0.717) is 12.8 Å². The molecule has 0 saturated carbocycles. The fourth-order valence-corrected chi connectivity index (χ4v) is 6.57. The van der Waals surface area contributed by atoms with Crippen LogP contribution in [0.2, 0.25) is 0 Å². The number of hydrogen-bond donors (Lipinski definition) is 0. The van der Waals surface area contributed by atoms with Crippen LogP contribution in [0.3, 0.4) is 0 Å². The van der Waals surface area contributed by atoms with Gasteiger partial charge in [0.25, 0.3) is 10.1 Å². The highest BCUT2D eigenvalue weighted by atomic mass is 35.5. The Morgan fingerprint density at radius 1 is 0.846 bits per heavy atom. The second-order valence-electron chi connectivity index (χ2n) is 10.1. The number of carbonyl (C=O) groups is 1.